The lowest BCUT2D eigenvalue weighted by molar-refractivity contribution is 0.712. The van der Waals surface area contributed by atoms with E-state index in [1.165, 1.54) is 0 Å². The Morgan fingerprint density at radius 3 is 3.31 bits per heavy atom. The number of nitrogens with zero attached hydrogens (tertiary/aromatic N) is 4. The van der Waals surface area contributed by atoms with Gasteiger partial charge in [0.05, 0.1) is 11.8 Å². The standard InChI is InChI=1S/C11H14N4S/c1-2-10-8-15(5-6-16-10)11-9(7-12)3-4-13-14-11/h3-4,10H,2,5-6,8H2,1H3. The number of thioether (sulfide) groups is 1. The highest BCUT2D eigenvalue weighted by molar-refractivity contribution is 8.00. The van der Waals surface area contributed by atoms with Gasteiger partial charge in [-0.05, 0) is 12.5 Å². The minimum Gasteiger partial charge on any atom is -0.352 e. The van der Waals surface area contributed by atoms with Crippen LogP contribution in [-0.4, -0.2) is 34.3 Å². The van der Waals surface area contributed by atoms with Gasteiger partial charge in [-0.25, -0.2) is 0 Å². The third kappa shape index (κ3) is 2.27. The molecule has 1 aromatic heterocycles. The van der Waals surface area contributed by atoms with E-state index in [0.29, 0.717) is 10.8 Å². The van der Waals surface area contributed by atoms with E-state index in [2.05, 4.69) is 28.1 Å². The Morgan fingerprint density at radius 1 is 1.69 bits per heavy atom. The maximum absolute atomic E-state index is 9.02. The Kier molecular flexibility index (Phi) is 3.62. The van der Waals surface area contributed by atoms with Gasteiger partial charge in [-0.3, -0.25) is 0 Å². The second kappa shape index (κ2) is 5.17. The van der Waals surface area contributed by atoms with Crippen molar-refractivity contribution in [2.75, 3.05) is 23.7 Å². The van der Waals surface area contributed by atoms with Gasteiger partial charge in [0.25, 0.3) is 0 Å². The van der Waals surface area contributed by atoms with Crippen LogP contribution in [0.15, 0.2) is 12.3 Å². The SMILES string of the molecule is CCC1CN(c2nnccc2C#N)CCS1. The van der Waals surface area contributed by atoms with Crippen LogP contribution in [0.5, 0.6) is 0 Å². The molecule has 0 amide bonds. The van der Waals surface area contributed by atoms with E-state index in [4.69, 9.17) is 5.26 Å². The third-order valence-corrected chi connectivity index (χ3v) is 4.09. The summed E-state index contributed by atoms with van der Waals surface area (Å²) in [6.45, 7) is 4.12. The minimum absolute atomic E-state index is 0.622. The fourth-order valence-corrected chi connectivity index (χ4v) is 2.98. The maximum Gasteiger partial charge on any atom is 0.169 e. The first-order chi connectivity index (χ1) is 7.85. The molecule has 0 aliphatic carbocycles. The van der Waals surface area contributed by atoms with Gasteiger partial charge in [0.2, 0.25) is 0 Å². The molecule has 16 heavy (non-hydrogen) atoms. The molecular weight excluding hydrogens is 220 g/mol. The topological polar surface area (TPSA) is 52.8 Å². The van der Waals surface area contributed by atoms with Crippen molar-refractivity contribution in [3.05, 3.63) is 17.8 Å². The van der Waals surface area contributed by atoms with Crippen molar-refractivity contribution in [2.24, 2.45) is 0 Å². The summed E-state index contributed by atoms with van der Waals surface area (Å²) in [5, 5.41) is 17.6. The van der Waals surface area contributed by atoms with Gasteiger partial charge < -0.3 is 4.90 Å². The van der Waals surface area contributed by atoms with Crippen molar-refractivity contribution in [1.82, 2.24) is 10.2 Å². The molecule has 1 fully saturated rings. The Bertz CT molecular complexity index is 401. The molecule has 1 unspecified atom stereocenters. The smallest absolute Gasteiger partial charge is 0.169 e. The highest BCUT2D eigenvalue weighted by Gasteiger charge is 2.22. The van der Waals surface area contributed by atoms with Crippen molar-refractivity contribution >= 4 is 17.6 Å². The van der Waals surface area contributed by atoms with Crippen LogP contribution in [0.2, 0.25) is 0 Å². The van der Waals surface area contributed by atoms with Gasteiger partial charge in [-0.1, -0.05) is 6.92 Å². The first-order valence-corrected chi connectivity index (χ1v) is 6.48. The van der Waals surface area contributed by atoms with Crippen LogP contribution in [0.1, 0.15) is 18.9 Å². The molecular formula is C11H14N4S. The number of rotatable bonds is 2. The number of aromatic nitrogens is 2. The zero-order chi connectivity index (χ0) is 11.4. The second-order valence-electron chi connectivity index (χ2n) is 3.73. The second-order valence-corrected chi connectivity index (χ2v) is 5.14. The van der Waals surface area contributed by atoms with Crippen LogP contribution >= 0.6 is 11.8 Å². The minimum atomic E-state index is 0.622. The Hall–Kier alpha value is -1.28. The first-order valence-electron chi connectivity index (χ1n) is 5.43. The third-order valence-electron chi connectivity index (χ3n) is 2.72. The largest absolute Gasteiger partial charge is 0.352 e. The zero-order valence-corrected chi connectivity index (χ0v) is 10.1. The summed E-state index contributed by atoms with van der Waals surface area (Å²) in [4.78, 5) is 2.18. The first kappa shape index (κ1) is 11.2. The van der Waals surface area contributed by atoms with Crippen molar-refractivity contribution in [3.63, 3.8) is 0 Å². The van der Waals surface area contributed by atoms with Gasteiger partial charge in [0, 0.05) is 24.1 Å². The summed E-state index contributed by atoms with van der Waals surface area (Å²) in [5.41, 5.74) is 0.622. The molecule has 0 spiro atoms. The molecule has 2 heterocycles. The zero-order valence-electron chi connectivity index (χ0n) is 9.26. The van der Waals surface area contributed by atoms with Gasteiger partial charge in [0.1, 0.15) is 6.07 Å². The van der Waals surface area contributed by atoms with E-state index >= 15 is 0 Å². The molecule has 0 aromatic carbocycles. The lowest BCUT2D eigenvalue weighted by Gasteiger charge is -2.32. The van der Waals surface area contributed by atoms with Crippen molar-refractivity contribution in [3.8, 4) is 6.07 Å². The molecule has 1 atom stereocenters. The highest BCUT2D eigenvalue weighted by atomic mass is 32.2. The summed E-state index contributed by atoms with van der Waals surface area (Å²) >= 11 is 2.00. The monoisotopic (exact) mass is 234 g/mol. The van der Waals surface area contributed by atoms with Gasteiger partial charge in [-0.2, -0.15) is 22.1 Å². The Morgan fingerprint density at radius 2 is 2.56 bits per heavy atom. The lowest BCUT2D eigenvalue weighted by Crippen LogP contribution is -2.38. The quantitative estimate of drug-likeness (QED) is 0.779. The van der Waals surface area contributed by atoms with Crippen molar-refractivity contribution < 1.29 is 0 Å². The summed E-state index contributed by atoms with van der Waals surface area (Å²) in [6, 6.07) is 3.90. The summed E-state index contributed by atoms with van der Waals surface area (Å²) < 4.78 is 0. The molecule has 0 saturated carbocycles. The van der Waals surface area contributed by atoms with Crippen molar-refractivity contribution in [2.45, 2.75) is 18.6 Å². The molecule has 0 N–H and O–H groups in total. The van der Waals surface area contributed by atoms with Gasteiger partial charge in [0.15, 0.2) is 5.82 Å². The lowest BCUT2D eigenvalue weighted by atomic mass is 10.2. The van der Waals surface area contributed by atoms with E-state index in [9.17, 15) is 0 Å². The molecule has 5 heteroatoms. The number of nitriles is 1. The van der Waals surface area contributed by atoms with Crippen molar-refractivity contribution in [1.29, 1.82) is 5.26 Å². The highest BCUT2D eigenvalue weighted by Crippen LogP contribution is 2.25. The molecule has 1 aliphatic heterocycles. The fourth-order valence-electron chi connectivity index (χ4n) is 1.80. The van der Waals surface area contributed by atoms with Crippen LogP contribution in [0, 0.1) is 11.3 Å². The predicted octanol–water partition coefficient (Wildman–Crippen LogP) is 1.68. The van der Waals surface area contributed by atoms with E-state index in [1.807, 2.05) is 11.8 Å². The van der Waals surface area contributed by atoms with Crippen LogP contribution < -0.4 is 4.90 Å². The van der Waals surface area contributed by atoms with Crippen LogP contribution in [-0.2, 0) is 0 Å². The van der Waals surface area contributed by atoms with E-state index in [-0.39, 0.29) is 0 Å². The van der Waals surface area contributed by atoms with Crippen LogP contribution in [0.4, 0.5) is 5.82 Å². The molecule has 84 valence electrons. The number of hydrogen-bond acceptors (Lipinski definition) is 5. The summed E-state index contributed by atoms with van der Waals surface area (Å²) in [6.07, 6.45) is 2.72. The van der Waals surface area contributed by atoms with E-state index in [0.717, 1.165) is 31.1 Å². The average molecular weight is 234 g/mol. The normalized spacial score (nSPS) is 20.5. The maximum atomic E-state index is 9.02. The number of hydrogen-bond donors (Lipinski definition) is 0. The average Bonchev–Trinajstić information content (AvgIpc) is 2.38. The van der Waals surface area contributed by atoms with Crippen LogP contribution in [0.25, 0.3) is 0 Å². The molecule has 1 saturated heterocycles. The Balaban J connectivity index is 2.20. The molecule has 2 rings (SSSR count). The fraction of sp³-hybridized carbons (Fsp3) is 0.545. The van der Waals surface area contributed by atoms with Gasteiger partial charge in [-0.15, -0.1) is 5.10 Å². The summed E-state index contributed by atoms with van der Waals surface area (Å²) in [7, 11) is 0. The molecule has 1 aliphatic rings. The molecule has 0 bridgehead atoms. The Labute approximate surface area is 99.7 Å². The van der Waals surface area contributed by atoms with Crippen LogP contribution in [0.3, 0.4) is 0 Å². The predicted molar refractivity (Wildman–Crippen MR) is 65.5 cm³/mol. The van der Waals surface area contributed by atoms with Gasteiger partial charge >= 0.3 is 0 Å². The molecule has 0 radical (unpaired) electrons. The molecule has 1 aromatic rings. The van der Waals surface area contributed by atoms with E-state index in [1.54, 1.807) is 12.3 Å². The van der Waals surface area contributed by atoms with E-state index < -0.39 is 0 Å². The number of anilines is 1. The molecule has 4 nitrogen and oxygen atoms in total. The summed E-state index contributed by atoms with van der Waals surface area (Å²) in [5.74, 6) is 1.84.